The van der Waals surface area contributed by atoms with E-state index in [1.807, 2.05) is 18.2 Å². The van der Waals surface area contributed by atoms with Gasteiger partial charge >= 0.3 is 0 Å². The smallest absolute Gasteiger partial charge is 0.227 e. The molecule has 0 bridgehead atoms. The minimum Gasteiger partial charge on any atom is -0.497 e. The van der Waals surface area contributed by atoms with E-state index in [2.05, 4.69) is 0 Å². The zero-order valence-electron chi connectivity index (χ0n) is 13.0. The summed E-state index contributed by atoms with van der Waals surface area (Å²) in [6, 6.07) is 6.95. The summed E-state index contributed by atoms with van der Waals surface area (Å²) in [5.74, 6) is 0.672. The monoisotopic (exact) mass is 313 g/mol. The zero-order chi connectivity index (χ0) is 16.0. The van der Waals surface area contributed by atoms with Crippen LogP contribution in [0.4, 0.5) is 0 Å². The number of likely N-dealkylation sites (N-methyl/N-ethyl adjacent to an activating group) is 1. The summed E-state index contributed by atoms with van der Waals surface area (Å²) in [7, 11) is 0.117. The highest BCUT2D eigenvalue weighted by molar-refractivity contribution is 7.91. The summed E-state index contributed by atoms with van der Waals surface area (Å²) in [6.07, 6.45) is 0.226. The van der Waals surface area contributed by atoms with Gasteiger partial charge in [0, 0.05) is 18.8 Å². The minimum atomic E-state index is -3.09. The summed E-state index contributed by atoms with van der Waals surface area (Å²) >= 11 is 0. The number of methoxy groups -OCH3 is 1. The Labute approximate surface area is 126 Å². The number of hydrogen-bond acceptors (Lipinski definition) is 4. The molecular formula is C15H23NO4S. The summed E-state index contributed by atoms with van der Waals surface area (Å²) < 4.78 is 28.4. The molecule has 0 N–H and O–H groups in total. The van der Waals surface area contributed by atoms with Gasteiger partial charge in [0.2, 0.25) is 5.91 Å². The molecule has 0 aliphatic heterocycles. The second-order valence-electron chi connectivity index (χ2n) is 5.08. The predicted molar refractivity (Wildman–Crippen MR) is 83.3 cm³/mol. The van der Waals surface area contributed by atoms with Crippen LogP contribution in [0.3, 0.4) is 0 Å². The fourth-order valence-corrected chi connectivity index (χ4v) is 3.12. The van der Waals surface area contributed by atoms with Crippen LogP contribution in [0, 0.1) is 0 Å². The second-order valence-corrected chi connectivity index (χ2v) is 7.48. The summed E-state index contributed by atoms with van der Waals surface area (Å²) in [5.41, 5.74) is 0.844. The van der Waals surface area contributed by atoms with Gasteiger partial charge in [0.1, 0.15) is 5.75 Å². The first-order valence-electron chi connectivity index (χ1n) is 6.88. The molecule has 1 atom stereocenters. The van der Waals surface area contributed by atoms with Crippen LogP contribution in [0.25, 0.3) is 0 Å². The van der Waals surface area contributed by atoms with E-state index in [9.17, 15) is 13.2 Å². The van der Waals surface area contributed by atoms with E-state index in [0.717, 1.165) is 5.56 Å². The van der Waals surface area contributed by atoms with Crippen molar-refractivity contribution in [1.29, 1.82) is 0 Å². The van der Waals surface area contributed by atoms with E-state index >= 15 is 0 Å². The van der Waals surface area contributed by atoms with Gasteiger partial charge in [0.05, 0.1) is 19.3 Å². The van der Waals surface area contributed by atoms with Crippen LogP contribution in [0.5, 0.6) is 5.75 Å². The first-order valence-corrected chi connectivity index (χ1v) is 8.70. The predicted octanol–water partition coefficient (Wildman–Crippen LogP) is 1.52. The molecule has 1 amide bonds. The van der Waals surface area contributed by atoms with Gasteiger partial charge in [0.15, 0.2) is 9.84 Å². The number of ether oxygens (including phenoxy) is 1. The van der Waals surface area contributed by atoms with Crippen LogP contribution in [0.1, 0.15) is 19.4 Å². The Morgan fingerprint density at radius 1 is 1.38 bits per heavy atom. The van der Waals surface area contributed by atoms with Crippen molar-refractivity contribution in [1.82, 2.24) is 4.90 Å². The minimum absolute atomic E-state index is 0.0101. The second kappa shape index (κ2) is 7.45. The highest BCUT2D eigenvalue weighted by Crippen LogP contribution is 2.14. The van der Waals surface area contributed by atoms with Gasteiger partial charge in [-0.25, -0.2) is 8.42 Å². The highest BCUT2D eigenvalue weighted by Gasteiger charge is 2.21. The average molecular weight is 313 g/mol. The van der Waals surface area contributed by atoms with Crippen molar-refractivity contribution in [3.8, 4) is 5.75 Å². The number of rotatable bonds is 7. The van der Waals surface area contributed by atoms with Crippen LogP contribution in [-0.2, 0) is 21.1 Å². The van der Waals surface area contributed by atoms with Crippen LogP contribution >= 0.6 is 0 Å². The van der Waals surface area contributed by atoms with Gasteiger partial charge in [-0.05, 0) is 24.6 Å². The number of hydrogen-bond donors (Lipinski definition) is 0. The Balaban J connectivity index is 2.69. The third-order valence-electron chi connectivity index (χ3n) is 3.48. The topological polar surface area (TPSA) is 63.7 Å². The third-order valence-corrected chi connectivity index (χ3v) is 5.35. The van der Waals surface area contributed by atoms with Gasteiger partial charge in [-0.2, -0.15) is 0 Å². The lowest BCUT2D eigenvalue weighted by atomic mass is 10.1. The van der Waals surface area contributed by atoms with Crippen molar-refractivity contribution in [3.05, 3.63) is 29.8 Å². The fraction of sp³-hybridized carbons (Fsp3) is 0.533. The standard InChI is InChI=1S/C15H23NO4S/c1-5-21(18,19)11-12(2)16(3)15(17)10-13-7-6-8-14(9-13)20-4/h6-9,12H,5,10-11H2,1-4H3. The molecule has 0 saturated heterocycles. The number of carbonyl (C=O) groups is 1. The average Bonchev–Trinajstić information content (AvgIpc) is 2.46. The molecule has 0 heterocycles. The molecule has 1 unspecified atom stereocenters. The number of carbonyl (C=O) groups excluding carboxylic acids is 1. The Hall–Kier alpha value is -1.56. The molecule has 1 aromatic rings. The molecule has 5 nitrogen and oxygen atoms in total. The van der Waals surface area contributed by atoms with Gasteiger partial charge < -0.3 is 9.64 Å². The number of nitrogens with zero attached hydrogens (tertiary/aromatic N) is 1. The van der Waals surface area contributed by atoms with E-state index in [-0.39, 0.29) is 29.9 Å². The van der Waals surface area contributed by atoms with Gasteiger partial charge in [-0.1, -0.05) is 19.1 Å². The number of sulfone groups is 1. The molecule has 0 saturated carbocycles. The van der Waals surface area contributed by atoms with E-state index in [1.54, 1.807) is 34.1 Å². The Morgan fingerprint density at radius 2 is 2.05 bits per heavy atom. The maximum absolute atomic E-state index is 12.2. The highest BCUT2D eigenvalue weighted by atomic mass is 32.2. The normalized spacial score (nSPS) is 12.8. The van der Waals surface area contributed by atoms with E-state index < -0.39 is 9.84 Å². The lowest BCUT2D eigenvalue weighted by Crippen LogP contribution is -2.40. The van der Waals surface area contributed by atoms with Crippen LogP contribution in [-0.4, -0.2) is 50.9 Å². The largest absolute Gasteiger partial charge is 0.497 e. The molecule has 21 heavy (non-hydrogen) atoms. The molecule has 0 aliphatic carbocycles. The van der Waals surface area contributed by atoms with Crippen molar-refractivity contribution in [2.45, 2.75) is 26.3 Å². The van der Waals surface area contributed by atoms with Crippen molar-refractivity contribution in [2.24, 2.45) is 0 Å². The van der Waals surface area contributed by atoms with Gasteiger partial charge in [-0.15, -0.1) is 0 Å². The fourth-order valence-electron chi connectivity index (χ4n) is 1.92. The quantitative estimate of drug-likeness (QED) is 0.765. The van der Waals surface area contributed by atoms with Crippen molar-refractivity contribution in [2.75, 3.05) is 25.7 Å². The Morgan fingerprint density at radius 3 is 2.62 bits per heavy atom. The number of benzene rings is 1. The van der Waals surface area contributed by atoms with Crippen LogP contribution < -0.4 is 4.74 Å². The van der Waals surface area contributed by atoms with E-state index in [0.29, 0.717) is 5.75 Å². The molecule has 0 aliphatic rings. The van der Waals surface area contributed by atoms with Crippen LogP contribution in [0.15, 0.2) is 24.3 Å². The van der Waals surface area contributed by atoms with E-state index in [4.69, 9.17) is 4.74 Å². The molecule has 0 spiro atoms. The first kappa shape index (κ1) is 17.5. The molecule has 0 aromatic heterocycles. The summed E-state index contributed by atoms with van der Waals surface area (Å²) in [5, 5.41) is 0. The van der Waals surface area contributed by atoms with Gasteiger partial charge in [0.25, 0.3) is 0 Å². The molecular weight excluding hydrogens is 290 g/mol. The summed E-state index contributed by atoms with van der Waals surface area (Å²) in [6.45, 7) is 3.36. The van der Waals surface area contributed by atoms with Gasteiger partial charge in [-0.3, -0.25) is 4.79 Å². The maximum atomic E-state index is 12.2. The molecule has 1 rings (SSSR count). The van der Waals surface area contributed by atoms with Crippen LogP contribution in [0.2, 0.25) is 0 Å². The first-order chi connectivity index (χ1) is 9.79. The molecule has 0 radical (unpaired) electrons. The molecule has 1 aromatic carbocycles. The van der Waals surface area contributed by atoms with Crippen molar-refractivity contribution in [3.63, 3.8) is 0 Å². The SMILES string of the molecule is CCS(=O)(=O)CC(C)N(C)C(=O)Cc1cccc(OC)c1. The lowest BCUT2D eigenvalue weighted by Gasteiger charge is -2.24. The van der Waals surface area contributed by atoms with Crippen molar-refractivity contribution >= 4 is 15.7 Å². The molecule has 6 heteroatoms. The summed E-state index contributed by atoms with van der Waals surface area (Å²) in [4.78, 5) is 13.7. The Kier molecular flexibility index (Phi) is 6.20. The van der Waals surface area contributed by atoms with Crippen molar-refractivity contribution < 1.29 is 17.9 Å². The zero-order valence-corrected chi connectivity index (χ0v) is 13.8. The lowest BCUT2D eigenvalue weighted by molar-refractivity contribution is -0.130. The Bertz CT molecular complexity index is 583. The third kappa shape index (κ3) is 5.38. The number of amides is 1. The maximum Gasteiger partial charge on any atom is 0.227 e. The van der Waals surface area contributed by atoms with E-state index in [1.165, 1.54) is 4.90 Å². The molecule has 118 valence electrons. The molecule has 0 fully saturated rings.